The molecule has 4 aromatic rings. The van der Waals surface area contributed by atoms with Crippen molar-refractivity contribution in [3.8, 4) is 22.9 Å². The first-order chi connectivity index (χ1) is 14.8. The van der Waals surface area contributed by atoms with Crippen LogP contribution in [-0.2, 0) is 12.9 Å². The molecule has 0 unspecified atom stereocenters. The molecule has 3 aromatic heterocycles. The van der Waals surface area contributed by atoms with Gasteiger partial charge in [0.1, 0.15) is 11.3 Å². The van der Waals surface area contributed by atoms with Gasteiger partial charge in [0.05, 0.1) is 17.3 Å². The summed E-state index contributed by atoms with van der Waals surface area (Å²) in [5, 5.41) is 10.6. The largest absolute Gasteiger partial charge is 0.464 e. The van der Waals surface area contributed by atoms with Crippen LogP contribution in [-0.4, -0.2) is 26.1 Å². The van der Waals surface area contributed by atoms with Gasteiger partial charge in [-0.2, -0.15) is 0 Å². The lowest BCUT2D eigenvalue weighted by Gasteiger charge is -2.18. The lowest BCUT2D eigenvalue weighted by Crippen LogP contribution is -2.48. The molecule has 0 aliphatic rings. The molecule has 0 atom stereocenters. The summed E-state index contributed by atoms with van der Waals surface area (Å²) in [5.41, 5.74) is 1.55. The second kappa shape index (κ2) is 8.09. The van der Waals surface area contributed by atoms with E-state index in [0.717, 1.165) is 9.86 Å². The topological polar surface area (TPSA) is 99.5 Å². The van der Waals surface area contributed by atoms with Crippen LogP contribution >= 0.6 is 11.6 Å². The van der Waals surface area contributed by atoms with Gasteiger partial charge in [0.25, 0.3) is 0 Å². The van der Waals surface area contributed by atoms with Gasteiger partial charge in [-0.05, 0) is 49.6 Å². The van der Waals surface area contributed by atoms with Crippen LogP contribution in [0.4, 0.5) is 0 Å². The monoisotopic (exact) mass is 439 g/mol. The minimum absolute atomic E-state index is 0.128. The van der Waals surface area contributed by atoms with Gasteiger partial charge in [-0.15, -0.1) is 11.6 Å². The molecule has 8 nitrogen and oxygen atoms in total. The molecule has 1 N–H and O–H groups in total. The number of nitrogens with zero attached hydrogens (tertiary/aromatic N) is 3. The van der Waals surface area contributed by atoms with Gasteiger partial charge >= 0.3 is 12.7 Å². The quantitative estimate of drug-likeness (QED) is 0.379. The van der Waals surface area contributed by atoms with Crippen LogP contribution in [0.15, 0.2) is 56.8 Å². The Morgan fingerprint density at radius 2 is 2.03 bits per heavy atom. The molecule has 0 amide bonds. The zero-order valence-electron chi connectivity index (χ0n) is 17.1. The summed E-state index contributed by atoms with van der Waals surface area (Å²) < 4.78 is 13.5. The fourth-order valence-corrected chi connectivity index (χ4v) is 3.85. The maximum absolute atomic E-state index is 12.7. The zero-order valence-corrected chi connectivity index (χ0v) is 17.9. The van der Waals surface area contributed by atoms with E-state index in [9.17, 15) is 14.6 Å². The van der Waals surface area contributed by atoms with Crippen LogP contribution in [0.1, 0.15) is 11.1 Å². The summed E-state index contributed by atoms with van der Waals surface area (Å²) in [4.78, 5) is 29.6. The Morgan fingerprint density at radius 1 is 1.26 bits per heavy atom. The summed E-state index contributed by atoms with van der Waals surface area (Å²) in [5.74, 6) is 1.02. The van der Waals surface area contributed by atoms with E-state index in [1.54, 1.807) is 56.8 Å². The molecule has 0 saturated carbocycles. The highest BCUT2D eigenvalue weighted by atomic mass is 35.5. The van der Waals surface area contributed by atoms with E-state index in [0.29, 0.717) is 39.6 Å². The summed E-state index contributed by atoms with van der Waals surface area (Å²) in [7, 11) is 0.315. The lowest BCUT2D eigenvalue weighted by atomic mass is 9.87. The number of alkyl halides is 1. The minimum Gasteiger partial charge on any atom is -0.464 e. The van der Waals surface area contributed by atoms with Crippen molar-refractivity contribution in [3.05, 3.63) is 74.8 Å². The number of halogens is 1. The van der Waals surface area contributed by atoms with Crippen molar-refractivity contribution < 1.29 is 14.2 Å². The number of ether oxygens (including phenoxy) is 1. The normalized spacial score (nSPS) is 11.1. The Hall–Kier alpha value is -3.30. The number of aromatic nitrogens is 3. The summed E-state index contributed by atoms with van der Waals surface area (Å²) in [6.45, 7) is 2.98. The van der Waals surface area contributed by atoms with Crippen molar-refractivity contribution in [2.24, 2.45) is 7.05 Å². The van der Waals surface area contributed by atoms with Crippen molar-refractivity contribution in [2.75, 3.05) is 0 Å². The van der Waals surface area contributed by atoms with Gasteiger partial charge in [0.2, 0.25) is 11.4 Å². The molecule has 158 valence electrons. The predicted octanol–water partition coefficient (Wildman–Crippen LogP) is 3.15. The van der Waals surface area contributed by atoms with E-state index in [1.807, 2.05) is 0 Å². The van der Waals surface area contributed by atoms with Crippen LogP contribution in [0, 0.1) is 6.92 Å². The summed E-state index contributed by atoms with van der Waals surface area (Å²) in [6.07, 6.45) is 3.15. The molecule has 0 aliphatic carbocycles. The molecule has 0 bridgehead atoms. The third-order valence-electron chi connectivity index (χ3n) is 5.13. The molecule has 0 fully saturated rings. The number of hydrogen-bond acceptors (Lipinski definition) is 6. The second-order valence-electron chi connectivity index (χ2n) is 7.13. The predicted molar refractivity (Wildman–Crippen MR) is 119 cm³/mol. The number of hydrogen-bond donors (Lipinski definition) is 1. The highest BCUT2D eigenvalue weighted by Crippen LogP contribution is 2.33. The number of pyridine rings is 1. The lowest BCUT2D eigenvalue weighted by molar-refractivity contribution is 0.468. The Labute approximate surface area is 182 Å². The third kappa shape index (κ3) is 3.56. The Balaban J connectivity index is 1.82. The molecular formula is C21H19BClN3O5. The first-order valence-electron chi connectivity index (χ1n) is 9.53. The van der Waals surface area contributed by atoms with E-state index < -0.39 is 18.3 Å². The average molecular weight is 440 g/mol. The maximum Gasteiger partial charge on any atom is 0.420 e. The van der Waals surface area contributed by atoms with E-state index in [-0.39, 0.29) is 5.88 Å². The molecule has 0 spiro atoms. The van der Waals surface area contributed by atoms with E-state index >= 15 is 0 Å². The van der Waals surface area contributed by atoms with Crippen LogP contribution in [0.5, 0.6) is 11.6 Å². The van der Waals surface area contributed by atoms with E-state index in [1.165, 1.54) is 11.4 Å². The highest BCUT2D eigenvalue weighted by molar-refractivity contribution is 6.46. The smallest absolute Gasteiger partial charge is 0.420 e. The first kappa shape index (κ1) is 21.0. The van der Waals surface area contributed by atoms with Crippen LogP contribution in [0.25, 0.3) is 22.2 Å². The van der Waals surface area contributed by atoms with Crippen molar-refractivity contribution in [3.63, 3.8) is 0 Å². The number of rotatable bonds is 5. The Bertz CT molecular complexity index is 1370. The van der Waals surface area contributed by atoms with Crippen LogP contribution in [0.2, 0.25) is 6.82 Å². The third-order valence-corrected chi connectivity index (χ3v) is 5.42. The van der Waals surface area contributed by atoms with Crippen molar-refractivity contribution in [1.82, 2.24) is 14.0 Å². The maximum atomic E-state index is 12.7. The highest BCUT2D eigenvalue weighted by Gasteiger charge is 2.22. The van der Waals surface area contributed by atoms with Gasteiger partial charge in [-0.25, -0.2) is 9.78 Å². The van der Waals surface area contributed by atoms with Crippen molar-refractivity contribution >= 4 is 29.6 Å². The molecule has 0 radical (unpaired) electrons. The molecule has 3 heterocycles. The molecule has 1 aromatic carbocycles. The second-order valence-corrected chi connectivity index (χ2v) is 7.39. The molecular weight excluding hydrogens is 421 g/mol. The molecule has 0 saturated heterocycles. The fourth-order valence-electron chi connectivity index (χ4n) is 3.63. The SMILES string of the molecule is CB(O)n1c(=O)c(C)c(-c2ccc(Oc3nccc4occc34)cc2CCl)n(C)c1=O. The fraction of sp³-hybridized carbons (Fsp3) is 0.190. The average Bonchev–Trinajstić information content (AvgIpc) is 3.23. The van der Waals surface area contributed by atoms with Crippen LogP contribution in [0.3, 0.4) is 0 Å². The summed E-state index contributed by atoms with van der Waals surface area (Å²) >= 11 is 6.20. The summed E-state index contributed by atoms with van der Waals surface area (Å²) in [6, 6.07) is 8.72. The van der Waals surface area contributed by atoms with Gasteiger partial charge in [0, 0.05) is 30.3 Å². The molecule has 4 rings (SSSR count). The molecule has 31 heavy (non-hydrogen) atoms. The van der Waals surface area contributed by atoms with Gasteiger partial charge in [-0.3, -0.25) is 13.8 Å². The minimum atomic E-state index is -1.24. The Morgan fingerprint density at radius 3 is 2.74 bits per heavy atom. The number of fused-ring (bicyclic) bond motifs is 1. The standard InChI is InChI=1S/C21H19BClN3O5/c1-12-18(25(3)21(28)26(20(12)27)22(2)29)15-5-4-14(10-13(15)11-23)31-19-16-7-9-30-17(16)6-8-24-19/h4-10,29H,11H2,1-3H3. The number of furan rings is 1. The van der Waals surface area contributed by atoms with Crippen LogP contribution < -0.4 is 16.0 Å². The first-order valence-corrected chi connectivity index (χ1v) is 10.1. The van der Waals surface area contributed by atoms with Crippen molar-refractivity contribution in [2.45, 2.75) is 19.6 Å². The number of benzene rings is 1. The van der Waals surface area contributed by atoms with Gasteiger partial charge < -0.3 is 14.2 Å². The van der Waals surface area contributed by atoms with Gasteiger partial charge in [0.15, 0.2) is 0 Å². The van der Waals surface area contributed by atoms with E-state index in [2.05, 4.69) is 4.98 Å². The molecule has 0 aliphatic heterocycles. The molecule has 10 heteroatoms. The van der Waals surface area contributed by atoms with Gasteiger partial charge in [-0.1, -0.05) is 0 Å². The van der Waals surface area contributed by atoms with Crippen molar-refractivity contribution in [1.29, 1.82) is 0 Å². The van der Waals surface area contributed by atoms with E-state index in [4.69, 9.17) is 20.8 Å². The zero-order chi connectivity index (χ0) is 22.3. The Kier molecular flexibility index (Phi) is 5.47.